The van der Waals surface area contributed by atoms with Crippen molar-refractivity contribution >= 4 is 5.96 Å². The third kappa shape index (κ3) is 4.28. The van der Waals surface area contributed by atoms with Crippen molar-refractivity contribution < 1.29 is 4.74 Å². The molecule has 2 aliphatic rings. The molecule has 3 rings (SSSR count). The lowest BCUT2D eigenvalue weighted by Gasteiger charge is -2.32. The van der Waals surface area contributed by atoms with Gasteiger partial charge in [-0.25, -0.2) is 0 Å². The molecule has 0 radical (unpaired) electrons. The van der Waals surface area contributed by atoms with Crippen LogP contribution in [0.25, 0.3) is 0 Å². The fourth-order valence-corrected chi connectivity index (χ4v) is 3.46. The first-order valence-corrected chi connectivity index (χ1v) is 9.19. The smallest absolute Gasteiger partial charge is 0.191 e. The van der Waals surface area contributed by atoms with Crippen LogP contribution in [0.5, 0.6) is 0 Å². The molecule has 0 amide bonds. The molecule has 0 saturated carbocycles. The maximum absolute atomic E-state index is 5.42. The van der Waals surface area contributed by atoms with Crippen LogP contribution >= 0.6 is 0 Å². The molecule has 1 saturated heterocycles. The third-order valence-corrected chi connectivity index (χ3v) is 5.00. The summed E-state index contributed by atoms with van der Waals surface area (Å²) in [7, 11) is 0. The number of nitrogens with one attached hydrogen (secondary N) is 2. The van der Waals surface area contributed by atoms with Crippen LogP contribution in [0.1, 0.15) is 30.9 Å². The number of morpholine rings is 1. The molecule has 2 N–H and O–H groups in total. The normalized spacial score (nSPS) is 22.4. The largest absolute Gasteiger partial charge is 0.379 e. The maximum atomic E-state index is 5.42. The van der Waals surface area contributed by atoms with Crippen LogP contribution in [0.3, 0.4) is 0 Å². The number of fused-ring (bicyclic) bond motifs is 1. The van der Waals surface area contributed by atoms with Gasteiger partial charge in [-0.1, -0.05) is 24.3 Å². The van der Waals surface area contributed by atoms with E-state index in [0.717, 1.165) is 51.9 Å². The highest BCUT2D eigenvalue weighted by Crippen LogP contribution is 2.33. The van der Waals surface area contributed by atoms with Crippen molar-refractivity contribution in [2.45, 2.75) is 32.2 Å². The molecule has 0 bridgehead atoms. The summed E-state index contributed by atoms with van der Waals surface area (Å²) in [4.78, 5) is 7.24. The second-order valence-corrected chi connectivity index (χ2v) is 6.70. The standard InChI is InChI=1S/C19H30N4O/c1-3-20-19(21-13-15(2)23-8-10-24-11-9-23)22-14-17-12-16-6-4-5-7-18(16)17/h4-7,15,17H,3,8-14H2,1-2H3,(H2,20,21,22). The Morgan fingerprint density at radius 1 is 1.29 bits per heavy atom. The minimum Gasteiger partial charge on any atom is -0.379 e. The molecular formula is C19H30N4O. The van der Waals surface area contributed by atoms with Gasteiger partial charge >= 0.3 is 0 Å². The SMILES string of the molecule is CCNC(=NCC(C)N1CCOCC1)NCC1Cc2ccccc21. The average molecular weight is 330 g/mol. The summed E-state index contributed by atoms with van der Waals surface area (Å²) in [5.74, 6) is 1.55. The van der Waals surface area contributed by atoms with Crippen molar-refractivity contribution in [3.8, 4) is 0 Å². The lowest BCUT2D eigenvalue weighted by Crippen LogP contribution is -2.45. The van der Waals surface area contributed by atoms with Crippen molar-refractivity contribution in [1.82, 2.24) is 15.5 Å². The van der Waals surface area contributed by atoms with Crippen LogP contribution in [0.2, 0.25) is 0 Å². The van der Waals surface area contributed by atoms with Gasteiger partial charge < -0.3 is 15.4 Å². The maximum Gasteiger partial charge on any atom is 0.191 e. The van der Waals surface area contributed by atoms with Crippen molar-refractivity contribution in [2.75, 3.05) is 45.9 Å². The van der Waals surface area contributed by atoms with Crippen LogP contribution in [0, 0.1) is 0 Å². The van der Waals surface area contributed by atoms with Crippen molar-refractivity contribution in [1.29, 1.82) is 0 Å². The lowest BCUT2D eigenvalue weighted by atomic mass is 9.78. The molecule has 5 nitrogen and oxygen atoms in total. The fourth-order valence-electron chi connectivity index (χ4n) is 3.46. The van der Waals surface area contributed by atoms with E-state index < -0.39 is 0 Å². The minimum atomic E-state index is 0.453. The monoisotopic (exact) mass is 330 g/mol. The summed E-state index contributed by atoms with van der Waals surface area (Å²) in [6.07, 6.45) is 1.17. The number of nitrogens with zero attached hydrogens (tertiary/aromatic N) is 2. The number of aliphatic imine (C=N–C) groups is 1. The molecule has 1 fully saturated rings. The van der Waals surface area contributed by atoms with Gasteiger partial charge in [-0.15, -0.1) is 0 Å². The van der Waals surface area contributed by atoms with E-state index >= 15 is 0 Å². The summed E-state index contributed by atoms with van der Waals surface area (Å²) in [6, 6.07) is 9.19. The Bertz CT molecular complexity index is 554. The van der Waals surface area contributed by atoms with Gasteiger partial charge in [0, 0.05) is 38.1 Å². The molecular weight excluding hydrogens is 300 g/mol. The van der Waals surface area contributed by atoms with Crippen molar-refractivity contribution in [2.24, 2.45) is 4.99 Å². The van der Waals surface area contributed by atoms with Crippen LogP contribution < -0.4 is 10.6 Å². The number of ether oxygens (including phenoxy) is 1. The summed E-state index contributed by atoms with van der Waals surface area (Å²) in [5.41, 5.74) is 2.98. The molecule has 0 spiro atoms. The summed E-state index contributed by atoms with van der Waals surface area (Å²) in [5, 5.41) is 6.88. The Morgan fingerprint density at radius 3 is 2.83 bits per heavy atom. The molecule has 0 aromatic heterocycles. The zero-order valence-electron chi connectivity index (χ0n) is 14.9. The number of hydrogen-bond donors (Lipinski definition) is 2. The van der Waals surface area contributed by atoms with Gasteiger partial charge in [0.1, 0.15) is 0 Å². The third-order valence-electron chi connectivity index (χ3n) is 5.00. The van der Waals surface area contributed by atoms with E-state index in [4.69, 9.17) is 9.73 Å². The quantitative estimate of drug-likeness (QED) is 0.614. The molecule has 132 valence electrons. The summed E-state index contributed by atoms with van der Waals surface area (Å²) >= 11 is 0. The van der Waals surface area contributed by atoms with Gasteiger partial charge in [0.2, 0.25) is 0 Å². The Labute approximate surface area is 145 Å². The molecule has 2 unspecified atom stereocenters. The van der Waals surface area contributed by atoms with Crippen molar-refractivity contribution in [3.05, 3.63) is 35.4 Å². The van der Waals surface area contributed by atoms with E-state index in [9.17, 15) is 0 Å². The Kier molecular flexibility index (Phi) is 6.10. The minimum absolute atomic E-state index is 0.453. The number of guanidine groups is 1. The highest BCUT2D eigenvalue weighted by atomic mass is 16.5. The first-order chi connectivity index (χ1) is 11.8. The van der Waals surface area contributed by atoms with Crippen molar-refractivity contribution in [3.63, 3.8) is 0 Å². The van der Waals surface area contributed by atoms with E-state index in [1.165, 1.54) is 17.5 Å². The van der Waals surface area contributed by atoms with E-state index in [1.807, 2.05) is 0 Å². The van der Waals surface area contributed by atoms with Gasteiger partial charge in [-0.05, 0) is 31.4 Å². The second kappa shape index (κ2) is 8.49. The number of benzene rings is 1. The van der Waals surface area contributed by atoms with Gasteiger partial charge in [0.05, 0.1) is 19.8 Å². The Morgan fingerprint density at radius 2 is 2.08 bits per heavy atom. The molecule has 1 aromatic carbocycles. The molecule has 1 aromatic rings. The van der Waals surface area contributed by atoms with E-state index in [2.05, 4.69) is 53.6 Å². The van der Waals surface area contributed by atoms with E-state index in [0.29, 0.717) is 12.0 Å². The predicted molar refractivity (Wildman–Crippen MR) is 98.7 cm³/mol. The zero-order chi connectivity index (χ0) is 16.8. The Balaban J connectivity index is 1.49. The number of hydrogen-bond acceptors (Lipinski definition) is 3. The van der Waals surface area contributed by atoms with E-state index in [-0.39, 0.29) is 0 Å². The average Bonchev–Trinajstić information content (AvgIpc) is 2.60. The Hall–Kier alpha value is -1.59. The number of rotatable bonds is 6. The highest BCUT2D eigenvalue weighted by Gasteiger charge is 2.25. The molecule has 5 heteroatoms. The molecule has 2 atom stereocenters. The van der Waals surface area contributed by atoms with Gasteiger partial charge in [-0.3, -0.25) is 9.89 Å². The highest BCUT2D eigenvalue weighted by molar-refractivity contribution is 5.79. The van der Waals surface area contributed by atoms with Crippen LogP contribution in [0.15, 0.2) is 29.3 Å². The first kappa shape index (κ1) is 17.2. The van der Waals surface area contributed by atoms with Crippen LogP contribution in [0.4, 0.5) is 0 Å². The van der Waals surface area contributed by atoms with Crippen LogP contribution in [-0.4, -0.2) is 62.8 Å². The van der Waals surface area contributed by atoms with Gasteiger partial charge in [0.15, 0.2) is 5.96 Å². The second-order valence-electron chi connectivity index (χ2n) is 6.70. The molecule has 1 aliphatic carbocycles. The first-order valence-electron chi connectivity index (χ1n) is 9.19. The van der Waals surface area contributed by atoms with Gasteiger partial charge in [-0.2, -0.15) is 0 Å². The van der Waals surface area contributed by atoms with Crippen LogP contribution in [-0.2, 0) is 11.2 Å². The summed E-state index contributed by atoms with van der Waals surface area (Å²) < 4.78 is 5.42. The fraction of sp³-hybridized carbons (Fsp3) is 0.632. The molecule has 24 heavy (non-hydrogen) atoms. The predicted octanol–water partition coefficient (Wildman–Crippen LogP) is 1.60. The van der Waals surface area contributed by atoms with E-state index in [1.54, 1.807) is 0 Å². The lowest BCUT2D eigenvalue weighted by molar-refractivity contribution is 0.0220. The topological polar surface area (TPSA) is 48.9 Å². The summed E-state index contributed by atoms with van der Waals surface area (Å²) in [6.45, 7) is 10.7. The molecule has 1 aliphatic heterocycles. The molecule has 1 heterocycles. The van der Waals surface area contributed by atoms with Gasteiger partial charge in [0.25, 0.3) is 0 Å². The zero-order valence-corrected chi connectivity index (χ0v) is 14.9.